The van der Waals surface area contributed by atoms with Crippen LogP contribution in [0.25, 0.3) is 0 Å². The molecule has 2 aromatic carbocycles. The van der Waals surface area contributed by atoms with Crippen LogP contribution in [0.2, 0.25) is 0 Å². The normalized spacial score (nSPS) is 16.8. The van der Waals surface area contributed by atoms with Gasteiger partial charge in [0.15, 0.2) is 0 Å². The molecule has 0 aromatic heterocycles. The maximum absolute atomic E-state index is 13.3. The zero-order chi connectivity index (χ0) is 27.8. The van der Waals surface area contributed by atoms with Crippen molar-refractivity contribution in [3.05, 3.63) is 75.5 Å². The first kappa shape index (κ1) is 28.0. The van der Waals surface area contributed by atoms with E-state index in [9.17, 15) is 24.5 Å². The van der Waals surface area contributed by atoms with E-state index >= 15 is 0 Å². The lowest BCUT2D eigenvalue weighted by Crippen LogP contribution is -2.37. The quantitative estimate of drug-likeness (QED) is 0.211. The number of ether oxygens (including phenoxy) is 3. The van der Waals surface area contributed by atoms with E-state index < -0.39 is 28.7 Å². The number of para-hydroxylation sites is 1. The molecule has 0 spiro atoms. The summed E-state index contributed by atoms with van der Waals surface area (Å²) in [6.45, 7) is 6.27. The third-order valence-corrected chi connectivity index (χ3v) is 5.82. The number of benzene rings is 2. The van der Waals surface area contributed by atoms with Gasteiger partial charge in [-0.15, -0.1) is 0 Å². The van der Waals surface area contributed by atoms with Crippen molar-refractivity contribution in [2.45, 2.75) is 33.6 Å². The predicted octanol–water partition coefficient (Wildman–Crippen LogP) is 4.19. The Morgan fingerprint density at radius 1 is 1.03 bits per heavy atom. The third-order valence-electron chi connectivity index (χ3n) is 5.82. The Balaban J connectivity index is 1.82. The number of nitro benzene ring substituents is 1. The number of nitrogens with one attached hydrogen (secondary N) is 1. The molecule has 1 aliphatic heterocycles. The molecule has 38 heavy (non-hydrogen) atoms. The Kier molecular flexibility index (Phi) is 9.31. The molecule has 3 rings (SSSR count). The van der Waals surface area contributed by atoms with Crippen LogP contribution in [0.15, 0.2) is 64.8 Å². The van der Waals surface area contributed by atoms with Crippen LogP contribution < -0.4 is 10.1 Å². The summed E-state index contributed by atoms with van der Waals surface area (Å²) in [5.41, 5.74) is 1.29. The fourth-order valence-electron chi connectivity index (χ4n) is 4.30. The number of carbonyl (C=O) groups excluding carboxylic acids is 3. The molecule has 11 heteroatoms. The Morgan fingerprint density at radius 2 is 1.71 bits per heavy atom. The molecule has 0 saturated heterocycles. The van der Waals surface area contributed by atoms with Crippen LogP contribution in [0, 0.1) is 16.0 Å². The highest BCUT2D eigenvalue weighted by Crippen LogP contribution is 2.43. The van der Waals surface area contributed by atoms with Crippen LogP contribution in [0.3, 0.4) is 0 Å². The SMILES string of the molecule is CCOC(=O)C1C(C)=NC(C)=C(C(=O)OCCOc2ccc(NC(C)=O)cc2)[C@@H]1c1ccccc1[N+](=O)[O-]. The monoisotopic (exact) mass is 523 g/mol. The van der Waals surface area contributed by atoms with Crippen LogP contribution in [0.1, 0.15) is 39.2 Å². The number of nitro groups is 1. The van der Waals surface area contributed by atoms with Crippen LogP contribution >= 0.6 is 0 Å². The topological polar surface area (TPSA) is 146 Å². The molecule has 0 bridgehead atoms. The minimum absolute atomic E-state index is 0.0251. The van der Waals surface area contributed by atoms with Crippen molar-refractivity contribution in [1.29, 1.82) is 0 Å². The molecule has 1 unspecified atom stereocenters. The molecule has 0 radical (unpaired) electrons. The number of hydrogen-bond acceptors (Lipinski definition) is 9. The van der Waals surface area contributed by atoms with Crippen molar-refractivity contribution >= 4 is 34.9 Å². The summed E-state index contributed by atoms with van der Waals surface area (Å²) < 4.78 is 16.3. The van der Waals surface area contributed by atoms with Gasteiger partial charge in [-0.05, 0) is 45.0 Å². The van der Waals surface area contributed by atoms with E-state index in [0.29, 0.717) is 22.8 Å². The van der Waals surface area contributed by atoms with Gasteiger partial charge in [-0.1, -0.05) is 18.2 Å². The van der Waals surface area contributed by atoms with Gasteiger partial charge in [0, 0.05) is 41.6 Å². The second kappa shape index (κ2) is 12.6. The zero-order valence-electron chi connectivity index (χ0n) is 21.6. The van der Waals surface area contributed by atoms with Crippen molar-refractivity contribution < 1.29 is 33.5 Å². The molecule has 0 aliphatic carbocycles. The second-order valence-corrected chi connectivity index (χ2v) is 8.47. The van der Waals surface area contributed by atoms with Crippen molar-refractivity contribution in [1.82, 2.24) is 0 Å². The van der Waals surface area contributed by atoms with Crippen molar-refractivity contribution in [2.24, 2.45) is 10.9 Å². The van der Waals surface area contributed by atoms with E-state index in [2.05, 4.69) is 10.3 Å². The molecule has 1 aliphatic rings. The summed E-state index contributed by atoms with van der Waals surface area (Å²) >= 11 is 0. The van der Waals surface area contributed by atoms with Gasteiger partial charge in [-0.2, -0.15) is 0 Å². The van der Waals surface area contributed by atoms with E-state index in [-0.39, 0.29) is 42.6 Å². The van der Waals surface area contributed by atoms with E-state index in [1.807, 2.05) is 0 Å². The van der Waals surface area contributed by atoms with Gasteiger partial charge in [-0.3, -0.25) is 24.7 Å². The summed E-state index contributed by atoms with van der Waals surface area (Å²) in [6, 6.07) is 12.6. The molecule has 1 heterocycles. The van der Waals surface area contributed by atoms with Crippen molar-refractivity contribution in [3.8, 4) is 5.75 Å². The third kappa shape index (κ3) is 6.61. The smallest absolute Gasteiger partial charge is 0.336 e. The van der Waals surface area contributed by atoms with Crippen LogP contribution in [-0.4, -0.2) is 48.3 Å². The Hall–Kier alpha value is -4.54. The Bertz CT molecular complexity index is 1280. The van der Waals surface area contributed by atoms with Crippen LogP contribution in [0.4, 0.5) is 11.4 Å². The lowest BCUT2D eigenvalue weighted by Gasteiger charge is -2.31. The lowest BCUT2D eigenvalue weighted by atomic mass is 9.75. The van der Waals surface area contributed by atoms with Crippen molar-refractivity contribution in [3.63, 3.8) is 0 Å². The predicted molar refractivity (Wildman–Crippen MR) is 139 cm³/mol. The van der Waals surface area contributed by atoms with Crippen LogP contribution in [0.5, 0.6) is 5.75 Å². The number of hydrogen-bond donors (Lipinski definition) is 1. The minimum Gasteiger partial charge on any atom is -0.490 e. The maximum Gasteiger partial charge on any atom is 0.336 e. The number of carbonyl (C=O) groups is 3. The van der Waals surface area contributed by atoms with Gasteiger partial charge in [0.25, 0.3) is 5.69 Å². The Morgan fingerprint density at radius 3 is 2.34 bits per heavy atom. The first-order chi connectivity index (χ1) is 18.1. The summed E-state index contributed by atoms with van der Waals surface area (Å²) in [6.07, 6.45) is 0. The molecular formula is C27H29N3O8. The van der Waals surface area contributed by atoms with Gasteiger partial charge < -0.3 is 19.5 Å². The number of allylic oxidation sites excluding steroid dienone is 1. The Labute approximate surface area is 219 Å². The minimum atomic E-state index is -1.04. The molecule has 2 atom stereocenters. The fourth-order valence-corrected chi connectivity index (χ4v) is 4.30. The van der Waals surface area contributed by atoms with E-state index in [4.69, 9.17) is 14.2 Å². The number of esters is 2. The average Bonchev–Trinajstić information content (AvgIpc) is 2.86. The molecule has 1 N–H and O–H groups in total. The number of rotatable bonds is 10. The largest absolute Gasteiger partial charge is 0.490 e. The number of anilines is 1. The van der Waals surface area contributed by atoms with Gasteiger partial charge >= 0.3 is 11.9 Å². The summed E-state index contributed by atoms with van der Waals surface area (Å²) in [7, 11) is 0. The number of amides is 1. The highest BCUT2D eigenvalue weighted by atomic mass is 16.6. The van der Waals surface area contributed by atoms with Crippen LogP contribution in [-0.2, 0) is 23.9 Å². The molecular weight excluding hydrogens is 494 g/mol. The van der Waals surface area contributed by atoms with E-state index in [1.54, 1.807) is 51.1 Å². The first-order valence-corrected chi connectivity index (χ1v) is 12.0. The number of nitrogens with zero attached hydrogens (tertiary/aromatic N) is 2. The fraction of sp³-hybridized carbons (Fsp3) is 0.333. The highest BCUT2D eigenvalue weighted by Gasteiger charge is 2.44. The van der Waals surface area contributed by atoms with E-state index in [0.717, 1.165) is 0 Å². The van der Waals surface area contributed by atoms with Gasteiger partial charge in [0.1, 0.15) is 24.9 Å². The second-order valence-electron chi connectivity index (χ2n) is 8.47. The zero-order valence-corrected chi connectivity index (χ0v) is 21.6. The molecule has 200 valence electrons. The van der Waals surface area contributed by atoms with Crippen molar-refractivity contribution in [2.75, 3.05) is 25.1 Å². The molecule has 11 nitrogen and oxygen atoms in total. The summed E-state index contributed by atoms with van der Waals surface area (Å²) in [5.74, 6) is -3.16. The highest BCUT2D eigenvalue weighted by molar-refractivity contribution is 6.07. The van der Waals surface area contributed by atoms with Gasteiger partial charge in [0.2, 0.25) is 5.91 Å². The standard InChI is InChI=1S/C27H29N3O8/c1-5-36-26(32)23-16(2)28-17(3)24(25(23)21-8-6-7-9-22(21)30(34)35)27(33)38-15-14-37-20-12-10-19(11-13-20)29-18(4)31/h6-13,23,25H,5,14-15H2,1-4H3,(H,29,31)/t23?,25-/m1/s1. The average molecular weight is 524 g/mol. The molecule has 2 aromatic rings. The summed E-state index contributed by atoms with van der Waals surface area (Å²) in [4.78, 5) is 53.0. The first-order valence-electron chi connectivity index (χ1n) is 12.0. The summed E-state index contributed by atoms with van der Waals surface area (Å²) in [5, 5.41) is 14.5. The molecule has 0 fully saturated rings. The lowest BCUT2D eigenvalue weighted by molar-refractivity contribution is -0.385. The van der Waals surface area contributed by atoms with E-state index in [1.165, 1.54) is 25.1 Å². The number of aliphatic imine (C=N–C) groups is 1. The maximum atomic E-state index is 13.3. The molecule has 0 saturated carbocycles. The van der Waals surface area contributed by atoms with Gasteiger partial charge in [0.05, 0.1) is 17.1 Å². The molecule has 1 amide bonds. The van der Waals surface area contributed by atoms with Gasteiger partial charge in [-0.25, -0.2) is 4.79 Å².